The summed E-state index contributed by atoms with van der Waals surface area (Å²) in [6.07, 6.45) is 3.89. The predicted molar refractivity (Wildman–Crippen MR) is 67.9 cm³/mol. The van der Waals surface area contributed by atoms with Crippen molar-refractivity contribution in [3.8, 4) is 6.07 Å². The third-order valence-electron chi connectivity index (χ3n) is 2.58. The summed E-state index contributed by atoms with van der Waals surface area (Å²) in [5, 5.41) is 11.6. The number of carbonyl (C=O) groups excluding carboxylic acids is 1. The molecule has 1 aromatic heterocycles. The van der Waals surface area contributed by atoms with Crippen molar-refractivity contribution in [2.24, 2.45) is 0 Å². The lowest BCUT2D eigenvalue weighted by Gasteiger charge is -2.06. The summed E-state index contributed by atoms with van der Waals surface area (Å²) in [7, 11) is 0. The smallest absolute Gasteiger partial charge is 0.251 e. The van der Waals surface area contributed by atoms with Gasteiger partial charge >= 0.3 is 0 Å². The number of amides is 1. The lowest BCUT2D eigenvalue weighted by Crippen LogP contribution is -2.26. The van der Waals surface area contributed by atoms with Gasteiger partial charge in [0.05, 0.1) is 11.6 Å². The first-order valence-corrected chi connectivity index (χ1v) is 5.69. The lowest BCUT2D eigenvalue weighted by atomic mass is 10.1. The Morgan fingerprint density at radius 1 is 1.28 bits per heavy atom. The Labute approximate surface area is 105 Å². The van der Waals surface area contributed by atoms with Crippen molar-refractivity contribution in [2.75, 3.05) is 6.54 Å². The molecule has 1 amide bonds. The minimum absolute atomic E-state index is 0.153. The van der Waals surface area contributed by atoms with Gasteiger partial charge in [0, 0.05) is 31.0 Å². The van der Waals surface area contributed by atoms with Crippen LogP contribution in [0, 0.1) is 11.3 Å². The molecule has 1 aromatic carbocycles. The molecule has 0 saturated heterocycles. The monoisotopic (exact) mass is 239 g/mol. The van der Waals surface area contributed by atoms with E-state index in [-0.39, 0.29) is 5.91 Å². The highest BCUT2D eigenvalue weighted by atomic mass is 16.1. The summed E-state index contributed by atoms with van der Waals surface area (Å²) in [5.41, 5.74) is 1.01. The molecule has 0 fully saturated rings. The van der Waals surface area contributed by atoms with E-state index in [4.69, 9.17) is 5.26 Å². The predicted octanol–water partition coefficient (Wildman–Crippen LogP) is 1.79. The van der Waals surface area contributed by atoms with Crippen LogP contribution in [0.5, 0.6) is 0 Å². The van der Waals surface area contributed by atoms with Crippen LogP contribution in [0.15, 0.2) is 48.8 Å². The molecule has 4 heteroatoms. The van der Waals surface area contributed by atoms with E-state index in [1.165, 1.54) is 0 Å². The first-order valence-electron chi connectivity index (χ1n) is 5.69. The molecular weight excluding hydrogens is 226 g/mol. The number of hydrogen-bond acceptors (Lipinski definition) is 2. The molecule has 2 aromatic rings. The molecule has 1 heterocycles. The third-order valence-corrected chi connectivity index (χ3v) is 2.58. The molecule has 2 rings (SSSR count). The van der Waals surface area contributed by atoms with Crippen LogP contribution in [0.3, 0.4) is 0 Å². The van der Waals surface area contributed by atoms with Crippen molar-refractivity contribution in [3.05, 3.63) is 59.9 Å². The van der Waals surface area contributed by atoms with Crippen LogP contribution >= 0.6 is 0 Å². The van der Waals surface area contributed by atoms with Crippen LogP contribution in [0.2, 0.25) is 0 Å². The number of benzene rings is 1. The van der Waals surface area contributed by atoms with E-state index in [0.29, 0.717) is 17.7 Å². The van der Waals surface area contributed by atoms with E-state index >= 15 is 0 Å². The van der Waals surface area contributed by atoms with E-state index in [1.54, 1.807) is 24.3 Å². The number of rotatable bonds is 4. The van der Waals surface area contributed by atoms with E-state index in [0.717, 1.165) is 6.54 Å². The Kier molecular flexibility index (Phi) is 3.77. The molecule has 0 saturated carbocycles. The van der Waals surface area contributed by atoms with Gasteiger partial charge in [-0.05, 0) is 30.3 Å². The van der Waals surface area contributed by atoms with Crippen LogP contribution in [-0.4, -0.2) is 17.0 Å². The molecule has 0 unspecified atom stereocenters. The number of carbonyl (C=O) groups is 1. The van der Waals surface area contributed by atoms with Crippen molar-refractivity contribution in [3.63, 3.8) is 0 Å². The van der Waals surface area contributed by atoms with Crippen molar-refractivity contribution >= 4 is 5.91 Å². The second-order valence-electron chi connectivity index (χ2n) is 3.87. The zero-order valence-corrected chi connectivity index (χ0v) is 9.84. The fourth-order valence-electron chi connectivity index (χ4n) is 1.65. The van der Waals surface area contributed by atoms with Crippen LogP contribution in [0.1, 0.15) is 15.9 Å². The van der Waals surface area contributed by atoms with Gasteiger partial charge in [0.1, 0.15) is 0 Å². The average Bonchev–Trinajstić information content (AvgIpc) is 2.92. The highest BCUT2D eigenvalue weighted by Crippen LogP contribution is 2.03. The van der Waals surface area contributed by atoms with Crippen LogP contribution < -0.4 is 5.32 Å². The zero-order chi connectivity index (χ0) is 12.8. The Morgan fingerprint density at radius 3 is 2.78 bits per heavy atom. The number of nitrogens with one attached hydrogen (secondary N) is 1. The zero-order valence-electron chi connectivity index (χ0n) is 9.84. The van der Waals surface area contributed by atoms with Crippen LogP contribution in [-0.2, 0) is 6.54 Å². The Bertz CT molecular complexity index is 567. The fraction of sp³-hybridized carbons (Fsp3) is 0.143. The first kappa shape index (κ1) is 11.9. The highest BCUT2D eigenvalue weighted by Gasteiger charge is 2.05. The molecule has 0 radical (unpaired) electrons. The quantitative estimate of drug-likeness (QED) is 0.884. The Hall–Kier alpha value is -2.54. The van der Waals surface area contributed by atoms with Crippen molar-refractivity contribution in [2.45, 2.75) is 6.54 Å². The summed E-state index contributed by atoms with van der Waals surface area (Å²) < 4.78 is 1.99. The Balaban J connectivity index is 1.89. The van der Waals surface area contributed by atoms with Gasteiger partial charge in [0.15, 0.2) is 0 Å². The summed E-state index contributed by atoms with van der Waals surface area (Å²) in [6, 6.07) is 12.6. The molecule has 4 nitrogen and oxygen atoms in total. The van der Waals surface area contributed by atoms with Crippen molar-refractivity contribution < 1.29 is 4.79 Å². The number of hydrogen-bond donors (Lipinski definition) is 1. The molecule has 0 aliphatic heterocycles. The normalized spacial score (nSPS) is 9.72. The number of nitrogens with zero attached hydrogens (tertiary/aromatic N) is 2. The van der Waals surface area contributed by atoms with Gasteiger partial charge in [-0.25, -0.2) is 0 Å². The van der Waals surface area contributed by atoms with E-state index < -0.39 is 0 Å². The minimum atomic E-state index is -0.153. The molecule has 0 atom stereocenters. The van der Waals surface area contributed by atoms with Gasteiger partial charge in [-0.1, -0.05) is 6.07 Å². The molecule has 18 heavy (non-hydrogen) atoms. The standard InChI is InChI=1S/C14H13N3O/c15-11-12-4-3-5-13(10-12)14(18)16-6-9-17-7-1-2-8-17/h1-5,7-8,10H,6,9H2,(H,16,18). The van der Waals surface area contributed by atoms with Gasteiger partial charge in [0.2, 0.25) is 0 Å². The van der Waals surface area contributed by atoms with Gasteiger partial charge in [-0.15, -0.1) is 0 Å². The Morgan fingerprint density at radius 2 is 2.06 bits per heavy atom. The number of aromatic nitrogens is 1. The summed E-state index contributed by atoms with van der Waals surface area (Å²) in [4.78, 5) is 11.8. The van der Waals surface area contributed by atoms with Crippen molar-refractivity contribution in [1.82, 2.24) is 9.88 Å². The van der Waals surface area contributed by atoms with Gasteiger partial charge in [-0.3, -0.25) is 4.79 Å². The topological polar surface area (TPSA) is 57.8 Å². The molecule has 1 N–H and O–H groups in total. The molecule has 0 bridgehead atoms. The minimum Gasteiger partial charge on any atom is -0.353 e. The SMILES string of the molecule is N#Cc1cccc(C(=O)NCCn2cccc2)c1. The molecule has 0 spiro atoms. The van der Waals surface area contributed by atoms with E-state index in [9.17, 15) is 4.79 Å². The molecule has 0 aliphatic carbocycles. The largest absolute Gasteiger partial charge is 0.353 e. The van der Waals surface area contributed by atoms with Gasteiger partial charge in [0.25, 0.3) is 5.91 Å². The lowest BCUT2D eigenvalue weighted by molar-refractivity contribution is 0.0952. The summed E-state index contributed by atoms with van der Waals surface area (Å²) >= 11 is 0. The highest BCUT2D eigenvalue weighted by molar-refractivity contribution is 5.94. The van der Waals surface area contributed by atoms with E-state index in [1.807, 2.05) is 35.2 Å². The third kappa shape index (κ3) is 2.98. The average molecular weight is 239 g/mol. The maximum absolute atomic E-state index is 11.8. The van der Waals surface area contributed by atoms with E-state index in [2.05, 4.69) is 5.32 Å². The van der Waals surface area contributed by atoms with Gasteiger partial charge < -0.3 is 9.88 Å². The van der Waals surface area contributed by atoms with Crippen LogP contribution in [0.4, 0.5) is 0 Å². The van der Waals surface area contributed by atoms with Crippen molar-refractivity contribution in [1.29, 1.82) is 5.26 Å². The molecule has 0 aliphatic rings. The molecule has 90 valence electrons. The second kappa shape index (κ2) is 5.69. The second-order valence-corrected chi connectivity index (χ2v) is 3.87. The van der Waals surface area contributed by atoms with Gasteiger partial charge in [-0.2, -0.15) is 5.26 Å². The number of nitriles is 1. The molecular formula is C14H13N3O. The first-order chi connectivity index (χ1) is 8.79. The summed E-state index contributed by atoms with van der Waals surface area (Å²) in [6.45, 7) is 1.29. The maximum Gasteiger partial charge on any atom is 0.251 e. The maximum atomic E-state index is 11.8. The summed E-state index contributed by atoms with van der Waals surface area (Å²) in [5.74, 6) is -0.153. The van der Waals surface area contributed by atoms with Crippen LogP contribution in [0.25, 0.3) is 0 Å². The fourth-order valence-corrected chi connectivity index (χ4v) is 1.65.